The van der Waals surface area contributed by atoms with Gasteiger partial charge in [0.2, 0.25) is 0 Å². The largest absolute Gasteiger partial charge is 0.378 e. The van der Waals surface area contributed by atoms with E-state index in [9.17, 15) is 4.79 Å². The van der Waals surface area contributed by atoms with E-state index in [1.807, 2.05) is 39.0 Å². The summed E-state index contributed by atoms with van der Waals surface area (Å²) in [7, 11) is 0. The highest BCUT2D eigenvalue weighted by Crippen LogP contribution is 2.23. The molecular weight excluding hydrogens is 304 g/mol. The van der Waals surface area contributed by atoms with Crippen LogP contribution in [-0.2, 0) is 11.3 Å². The van der Waals surface area contributed by atoms with Crippen molar-refractivity contribution in [2.24, 2.45) is 0 Å². The molecule has 1 amide bonds. The lowest BCUT2D eigenvalue weighted by atomic mass is 10.1. The molecule has 2 heterocycles. The minimum atomic E-state index is -0.107. The smallest absolute Gasteiger partial charge is 0.256 e. The van der Waals surface area contributed by atoms with Gasteiger partial charge in [0.1, 0.15) is 5.82 Å². The van der Waals surface area contributed by atoms with E-state index in [2.05, 4.69) is 15.3 Å². The number of morpholine rings is 1. The highest BCUT2D eigenvalue weighted by molar-refractivity contribution is 6.04. The molecule has 0 spiro atoms. The zero-order chi connectivity index (χ0) is 17.1. The van der Waals surface area contributed by atoms with E-state index in [1.165, 1.54) is 5.69 Å². The minimum Gasteiger partial charge on any atom is -0.378 e. The van der Waals surface area contributed by atoms with E-state index in [4.69, 9.17) is 4.74 Å². The van der Waals surface area contributed by atoms with Crippen molar-refractivity contribution in [1.82, 2.24) is 9.78 Å². The van der Waals surface area contributed by atoms with Gasteiger partial charge in [-0.15, -0.1) is 0 Å². The number of amides is 1. The van der Waals surface area contributed by atoms with Crippen molar-refractivity contribution in [3.63, 3.8) is 0 Å². The molecule has 128 valence electrons. The summed E-state index contributed by atoms with van der Waals surface area (Å²) in [5, 5.41) is 7.24. The zero-order valence-electron chi connectivity index (χ0n) is 14.5. The van der Waals surface area contributed by atoms with Crippen LogP contribution in [0.25, 0.3) is 0 Å². The van der Waals surface area contributed by atoms with Crippen LogP contribution in [-0.4, -0.2) is 42.0 Å². The van der Waals surface area contributed by atoms with Gasteiger partial charge in [0.25, 0.3) is 5.91 Å². The van der Waals surface area contributed by atoms with Gasteiger partial charge in [-0.05, 0) is 44.5 Å². The molecule has 1 fully saturated rings. The molecule has 0 atom stereocenters. The number of anilines is 2. The van der Waals surface area contributed by atoms with Gasteiger partial charge in [-0.3, -0.25) is 4.79 Å². The summed E-state index contributed by atoms with van der Waals surface area (Å²) >= 11 is 0. The number of nitrogens with one attached hydrogen (secondary N) is 1. The summed E-state index contributed by atoms with van der Waals surface area (Å²) in [6.07, 6.45) is 1.77. The molecule has 1 saturated heterocycles. The van der Waals surface area contributed by atoms with Gasteiger partial charge in [-0.2, -0.15) is 5.10 Å². The van der Waals surface area contributed by atoms with Crippen molar-refractivity contribution in [2.45, 2.75) is 27.3 Å². The molecule has 1 aliphatic rings. The van der Waals surface area contributed by atoms with Gasteiger partial charge >= 0.3 is 0 Å². The van der Waals surface area contributed by atoms with E-state index >= 15 is 0 Å². The normalized spacial score (nSPS) is 14.7. The van der Waals surface area contributed by atoms with E-state index < -0.39 is 0 Å². The second-order valence-electron chi connectivity index (χ2n) is 6.05. The van der Waals surface area contributed by atoms with E-state index in [-0.39, 0.29) is 5.91 Å². The Kier molecular flexibility index (Phi) is 4.85. The number of rotatable bonds is 4. The number of carbonyl (C=O) groups excluding carboxylic acids is 1. The van der Waals surface area contributed by atoms with Gasteiger partial charge in [0.05, 0.1) is 19.4 Å². The maximum absolute atomic E-state index is 12.6. The van der Waals surface area contributed by atoms with Crippen LogP contribution >= 0.6 is 0 Å². The second kappa shape index (κ2) is 7.05. The Hall–Kier alpha value is -2.34. The summed E-state index contributed by atoms with van der Waals surface area (Å²) in [5.74, 6) is 0.655. The quantitative estimate of drug-likeness (QED) is 0.937. The van der Waals surface area contributed by atoms with E-state index in [0.29, 0.717) is 5.56 Å². The third-order valence-electron chi connectivity index (χ3n) is 4.36. The first-order valence-electron chi connectivity index (χ1n) is 8.37. The maximum atomic E-state index is 12.6. The van der Waals surface area contributed by atoms with E-state index in [0.717, 1.165) is 49.8 Å². The molecule has 24 heavy (non-hydrogen) atoms. The third kappa shape index (κ3) is 3.28. The maximum Gasteiger partial charge on any atom is 0.256 e. The van der Waals surface area contributed by atoms with Crippen molar-refractivity contribution >= 4 is 17.4 Å². The SMILES string of the molecule is CCn1ncc(C)c1NC(=O)c1ccc(N2CCOCC2)c(C)c1. The van der Waals surface area contributed by atoms with Crippen molar-refractivity contribution in [3.05, 3.63) is 41.1 Å². The van der Waals surface area contributed by atoms with Crippen molar-refractivity contribution in [2.75, 3.05) is 36.5 Å². The lowest BCUT2D eigenvalue weighted by Crippen LogP contribution is -2.36. The molecule has 1 aromatic heterocycles. The Balaban J connectivity index is 1.78. The summed E-state index contributed by atoms with van der Waals surface area (Å²) in [6.45, 7) is 10.00. The standard InChI is InChI=1S/C18H24N4O2/c1-4-22-17(14(3)12-19-22)20-18(23)15-5-6-16(13(2)11-15)21-7-9-24-10-8-21/h5-6,11-12H,4,7-10H2,1-3H3,(H,20,23). The molecular formula is C18H24N4O2. The topological polar surface area (TPSA) is 59.4 Å². The highest BCUT2D eigenvalue weighted by atomic mass is 16.5. The third-order valence-corrected chi connectivity index (χ3v) is 4.36. The van der Waals surface area contributed by atoms with Gasteiger partial charge in [-0.25, -0.2) is 4.68 Å². The first-order valence-corrected chi connectivity index (χ1v) is 8.37. The average molecular weight is 328 g/mol. The van der Waals surface area contributed by atoms with Gasteiger partial charge < -0.3 is 15.0 Å². The molecule has 3 rings (SSSR count). The molecule has 0 radical (unpaired) electrons. The Bertz CT molecular complexity index is 733. The Morgan fingerprint density at radius 3 is 2.67 bits per heavy atom. The number of aromatic nitrogens is 2. The number of hydrogen-bond donors (Lipinski definition) is 1. The molecule has 0 bridgehead atoms. The number of nitrogens with zero attached hydrogens (tertiary/aromatic N) is 3. The first-order chi connectivity index (χ1) is 11.6. The van der Waals surface area contributed by atoms with Crippen LogP contribution in [0, 0.1) is 13.8 Å². The van der Waals surface area contributed by atoms with Crippen LogP contribution < -0.4 is 10.2 Å². The Morgan fingerprint density at radius 2 is 2.00 bits per heavy atom. The van der Waals surface area contributed by atoms with Crippen molar-refractivity contribution in [3.8, 4) is 0 Å². The fourth-order valence-electron chi connectivity index (χ4n) is 3.02. The van der Waals surface area contributed by atoms with Crippen LogP contribution in [0.2, 0.25) is 0 Å². The highest BCUT2D eigenvalue weighted by Gasteiger charge is 2.16. The minimum absolute atomic E-state index is 0.107. The number of benzene rings is 1. The van der Waals surface area contributed by atoms with Gasteiger partial charge in [0, 0.05) is 36.4 Å². The van der Waals surface area contributed by atoms with Crippen molar-refractivity contribution in [1.29, 1.82) is 0 Å². The van der Waals surface area contributed by atoms with Crippen LogP contribution in [0.1, 0.15) is 28.4 Å². The summed E-state index contributed by atoms with van der Waals surface area (Å²) < 4.78 is 7.19. The molecule has 0 unspecified atom stereocenters. The molecule has 1 aliphatic heterocycles. The van der Waals surface area contributed by atoms with E-state index in [1.54, 1.807) is 10.9 Å². The predicted molar refractivity (Wildman–Crippen MR) is 94.8 cm³/mol. The fourth-order valence-corrected chi connectivity index (χ4v) is 3.02. The summed E-state index contributed by atoms with van der Waals surface area (Å²) in [5.41, 5.74) is 3.90. The lowest BCUT2D eigenvalue weighted by Gasteiger charge is -2.30. The molecule has 1 N–H and O–H groups in total. The lowest BCUT2D eigenvalue weighted by molar-refractivity contribution is 0.102. The number of carbonyl (C=O) groups is 1. The zero-order valence-corrected chi connectivity index (χ0v) is 14.5. The van der Waals surface area contributed by atoms with Gasteiger partial charge in [-0.1, -0.05) is 0 Å². The first kappa shape index (κ1) is 16.5. The molecule has 2 aromatic rings. The molecule has 6 nitrogen and oxygen atoms in total. The Morgan fingerprint density at radius 1 is 1.25 bits per heavy atom. The van der Waals surface area contributed by atoms with Crippen molar-refractivity contribution < 1.29 is 9.53 Å². The summed E-state index contributed by atoms with van der Waals surface area (Å²) in [6, 6.07) is 5.86. The number of hydrogen-bond acceptors (Lipinski definition) is 4. The monoisotopic (exact) mass is 328 g/mol. The van der Waals surface area contributed by atoms with Crippen LogP contribution in [0.5, 0.6) is 0 Å². The van der Waals surface area contributed by atoms with Crippen LogP contribution in [0.4, 0.5) is 11.5 Å². The van der Waals surface area contributed by atoms with Crippen LogP contribution in [0.3, 0.4) is 0 Å². The fraction of sp³-hybridized carbons (Fsp3) is 0.444. The second-order valence-corrected chi connectivity index (χ2v) is 6.05. The summed E-state index contributed by atoms with van der Waals surface area (Å²) in [4.78, 5) is 14.9. The van der Waals surface area contributed by atoms with Crippen LogP contribution in [0.15, 0.2) is 24.4 Å². The Labute approximate surface area is 142 Å². The number of aryl methyl sites for hydroxylation is 3. The number of ether oxygens (including phenoxy) is 1. The molecule has 1 aromatic carbocycles. The molecule has 6 heteroatoms. The molecule has 0 saturated carbocycles. The average Bonchev–Trinajstić information content (AvgIpc) is 2.95. The van der Waals surface area contributed by atoms with Gasteiger partial charge in [0.15, 0.2) is 0 Å². The molecule has 0 aliphatic carbocycles. The predicted octanol–water partition coefficient (Wildman–Crippen LogP) is 2.61.